The van der Waals surface area contributed by atoms with Gasteiger partial charge in [-0.15, -0.1) is 10.2 Å². The molecule has 1 aromatic heterocycles. The number of anilines is 2. The summed E-state index contributed by atoms with van der Waals surface area (Å²) in [5.41, 5.74) is 1.10. The molecule has 0 bridgehead atoms. The number of likely N-dealkylation sites (tertiary alicyclic amines) is 1. The summed E-state index contributed by atoms with van der Waals surface area (Å²) in [6.07, 6.45) is 2.49. The molecular weight excluding hydrogens is 262 g/mol. The van der Waals surface area contributed by atoms with Gasteiger partial charge in [0, 0.05) is 38.8 Å². The molecule has 0 saturated carbocycles. The Morgan fingerprint density at radius 3 is 2.84 bits per heavy atom. The fourth-order valence-corrected chi connectivity index (χ4v) is 3.21. The van der Waals surface area contributed by atoms with Crippen molar-refractivity contribution >= 4 is 23.1 Å². The highest BCUT2D eigenvalue weighted by molar-refractivity contribution is 6.29. The largest absolute Gasteiger partial charge is 0.370 e. The number of nitrogens with zero attached hydrogens (tertiary/aromatic N) is 5. The predicted molar refractivity (Wildman–Crippen MR) is 78.2 cm³/mol. The minimum Gasteiger partial charge on any atom is -0.370 e. The van der Waals surface area contributed by atoms with Crippen molar-refractivity contribution in [3.63, 3.8) is 0 Å². The lowest BCUT2D eigenvalue weighted by Crippen LogP contribution is -2.51. The van der Waals surface area contributed by atoms with E-state index in [1.54, 1.807) is 0 Å². The summed E-state index contributed by atoms with van der Waals surface area (Å²) in [6, 6.07) is 2.46. The maximum atomic E-state index is 5.97. The molecule has 104 valence electrons. The number of rotatable bonds is 1. The quantitative estimate of drug-likeness (QED) is 0.779. The minimum atomic E-state index is 0.466. The molecule has 19 heavy (non-hydrogen) atoms. The van der Waals surface area contributed by atoms with Crippen LogP contribution in [0.3, 0.4) is 0 Å². The lowest BCUT2D eigenvalue weighted by Gasteiger charge is -2.43. The Bertz CT molecular complexity index is 466. The second-order valence-electron chi connectivity index (χ2n) is 5.55. The van der Waals surface area contributed by atoms with E-state index in [1.807, 2.05) is 6.07 Å². The first-order valence-corrected chi connectivity index (χ1v) is 7.22. The van der Waals surface area contributed by atoms with Crippen molar-refractivity contribution in [2.45, 2.75) is 18.9 Å². The van der Waals surface area contributed by atoms with Crippen LogP contribution >= 0.6 is 11.6 Å². The predicted octanol–water partition coefficient (Wildman–Crippen LogP) is 1.48. The van der Waals surface area contributed by atoms with Gasteiger partial charge >= 0.3 is 0 Å². The topological polar surface area (TPSA) is 35.5 Å². The zero-order chi connectivity index (χ0) is 13.4. The monoisotopic (exact) mass is 281 g/mol. The maximum Gasteiger partial charge on any atom is 0.175 e. The molecule has 2 aliphatic heterocycles. The minimum absolute atomic E-state index is 0.466. The molecule has 1 aromatic rings. The van der Waals surface area contributed by atoms with Crippen LogP contribution in [-0.2, 0) is 0 Å². The fraction of sp³-hybridized carbons (Fsp3) is 0.692. The van der Waals surface area contributed by atoms with Gasteiger partial charge in [-0.05, 0) is 26.4 Å². The molecule has 6 heteroatoms. The van der Waals surface area contributed by atoms with E-state index in [0.717, 1.165) is 31.1 Å². The van der Waals surface area contributed by atoms with Crippen LogP contribution in [0.15, 0.2) is 6.07 Å². The molecule has 0 aromatic carbocycles. The summed E-state index contributed by atoms with van der Waals surface area (Å²) in [7, 11) is 4.28. The molecule has 0 N–H and O–H groups in total. The zero-order valence-electron chi connectivity index (χ0n) is 11.5. The number of likely N-dealkylation sites (N-methyl/N-ethyl adjacent to an activating group) is 2. The normalized spacial score (nSPS) is 24.5. The van der Waals surface area contributed by atoms with E-state index < -0.39 is 0 Å². The number of aromatic nitrogens is 2. The van der Waals surface area contributed by atoms with Crippen molar-refractivity contribution in [1.82, 2.24) is 15.1 Å². The average Bonchev–Trinajstić information content (AvgIpc) is 2.40. The van der Waals surface area contributed by atoms with E-state index >= 15 is 0 Å². The summed E-state index contributed by atoms with van der Waals surface area (Å²) in [6.45, 7) is 4.32. The van der Waals surface area contributed by atoms with Crippen molar-refractivity contribution in [3.8, 4) is 0 Å². The standard InChI is InChI=1S/C13H20ClN5/c1-17-5-3-4-10(9-17)19-7-6-18(2)11-8-12(14)15-16-13(11)19/h8,10H,3-7,9H2,1-2H3/t10-/m1/s1. The first-order valence-electron chi connectivity index (χ1n) is 6.84. The molecule has 2 aliphatic rings. The van der Waals surface area contributed by atoms with E-state index in [1.165, 1.54) is 19.4 Å². The summed E-state index contributed by atoms with van der Waals surface area (Å²) < 4.78 is 0. The fourth-order valence-electron chi connectivity index (χ4n) is 3.07. The summed E-state index contributed by atoms with van der Waals surface area (Å²) in [5.74, 6) is 0.985. The van der Waals surface area contributed by atoms with Gasteiger partial charge in [0.15, 0.2) is 11.0 Å². The Hall–Kier alpha value is -1.07. The molecule has 0 amide bonds. The second kappa shape index (κ2) is 5.13. The highest BCUT2D eigenvalue weighted by atomic mass is 35.5. The second-order valence-corrected chi connectivity index (χ2v) is 5.94. The Labute approximate surface area is 119 Å². The van der Waals surface area contributed by atoms with E-state index in [-0.39, 0.29) is 0 Å². The highest BCUT2D eigenvalue weighted by Crippen LogP contribution is 2.33. The molecule has 5 nitrogen and oxygen atoms in total. The van der Waals surface area contributed by atoms with E-state index in [0.29, 0.717) is 11.2 Å². The van der Waals surface area contributed by atoms with Crippen LogP contribution in [0.2, 0.25) is 5.15 Å². The zero-order valence-corrected chi connectivity index (χ0v) is 12.3. The van der Waals surface area contributed by atoms with Crippen LogP contribution < -0.4 is 9.80 Å². The summed E-state index contributed by atoms with van der Waals surface area (Å²) in [4.78, 5) is 7.02. The molecule has 1 fully saturated rings. The number of hydrogen-bond acceptors (Lipinski definition) is 5. The van der Waals surface area contributed by atoms with Gasteiger partial charge < -0.3 is 14.7 Å². The van der Waals surface area contributed by atoms with Crippen LogP contribution in [0.25, 0.3) is 0 Å². The molecule has 0 unspecified atom stereocenters. The van der Waals surface area contributed by atoms with Crippen molar-refractivity contribution in [3.05, 3.63) is 11.2 Å². The summed E-state index contributed by atoms with van der Waals surface area (Å²) in [5, 5.41) is 8.83. The third-order valence-corrected chi connectivity index (χ3v) is 4.31. The number of hydrogen-bond donors (Lipinski definition) is 0. The van der Waals surface area contributed by atoms with Crippen molar-refractivity contribution in [2.24, 2.45) is 0 Å². The van der Waals surface area contributed by atoms with Gasteiger partial charge in [-0.2, -0.15) is 0 Å². The first kappa shape index (κ1) is 12.9. The third kappa shape index (κ3) is 2.49. The lowest BCUT2D eigenvalue weighted by molar-refractivity contribution is 0.243. The van der Waals surface area contributed by atoms with Crippen LogP contribution in [0.4, 0.5) is 11.5 Å². The van der Waals surface area contributed by atoms with Crippen LogP contribution in [-0.4, -0.2) is 61.4 Å². The number of fused-ring (bicyclic) bond motifs is 1. The van der Waals surface area contributed by atoms with Crippen LogP contribution in [0.1, 0.15) is 12.8 Å². The SMILES string of the molecule is CN1CCC[C@@H](N2CCN(C)c3cc(Cl)nnc32)C1. The average molecular weight is 282 g/mol. The Morgan fingerprint density at radius 1 is 1.21 bits per heavy atom. The van der Waals surface area contributed by atoms with Gasteiger partial charge in [0.05, 0.1) is 5.69 Å². The van der Waals surface area contributed by atoms with Crippen molar-refractivity contribution in [2.75, 3.05) is 50.1 Å². The molecule has 1 saturated heterocycles. The molecule has 3 rings (SSSR count). The van der Waals surface area contributed by atoms with Crippen molar-refractivity contribution in [1.29, 1.82) is 0 Å². The Kier molecular flexibility index (Phi) is 3.50. The number of piperidine rings is 1. The van der Waals surface area contributed by atoms with Gasteiger partial charge in [0.25, 0.3) is 0 Å². The van der Waals surface area contributed by atoms with Gasteiger partial charge in [-0.25, -0.2) is 0 Å². The van der Waals surface area contributed by atoms with E-state index in [9.17, 15) is 0 Å². The molecule has 0 spiro atoms. The smallest absolute Gasteiger partial charge is 0.175 e. The third-order valence-electron chi connectivity index (χ3n) is 4.13. The molecular formula is C13H20ClN5. The maximum absolute atomic E-state index is 5.97. The Morgan fingerprint density at radius 2 is 2.05 bits per heavy atom. The molecule has 1 atom stereocenters. The molecule has 0 aliphatic carbocycles. The lowest BCUT2D eigenvalue weighted by atomic mass is 10.0. The van der Waals surface area contributed by atoms with Gasteiger partial charge in [0.1, 0.15) is 0 Å². The van der Waals surface area contributed by atoms with E-state index in [2.05, 4.69) is 39.0 Å². The van der Waals surface area contributed by atoms with Crippen LogP contribution in [0, 0.1) is 0 Å². The first-order chi connectivity index (χ1) is 9.15. The summed E-state index contributed by atoms with van der Waals surface area (Å²) >= 11 is 5.97. The van der Waals surface area contributed by atoms with Gasteiger partial charge in [-0.3, -0.25) is 0 Å². The van der Waals surface area contributed by atoms with Crippen LogP contribution in [0.5, 0.6) is 0 Å². The van der Waals surface area contributed by atoms with Gasteiger partial charge in [0.2, 0.25) is 0 Å². The van der Waals surface area contributed by atoms with Gasteiger partial charge in [-0.1, -0.05) is 11.6 Å². The highest BCUT2D eigenvalue weighted by Gasteiger charge is 2.30. The van der Waals surface area contributed by atoms with E-state index in [4.69, 9.17) is 11.6 Å². The van der Waals surface area contributed by atoms with Crippen molar-refractivity contribution < 1.29 is 0 Å². The molecule has 0 radical (unpaired) electrons. The number of halogens is 1. The Balaban J connectivity index is 1.90. The molecule has 3 heterocycles.